The normalized spacial score (nSPS) is 26.5. The van der Waals surface area contributed by atoms with E-state index >= 15 is 0 Å². The molecule has 2 bridgehead atoms. The minimum Gasteiger partial charge on any atom is -0.376 e. The Kier molecular flexibility index (Phi) is 7.29. The molecule has 2 atom stereocenters. The highest BCUT2D eigenvalue weighted by Crippen LogP contribution is 2.14. The van der Waals surface area contributed by atoms with Gasteiger partial charge in [-0.2, -0.15) is 0 Å². The van der Waals surface area contributed by atoms with Crippen LogP contribution in [-0.4, -0.2) is 81.3 Å². The summed E-state index contributed by atoms with van der Waals surface area (Å²) in [5.41, 5.74) is 1.22. The molecule has 3 saturated heterocycles. The number of piperazine rings is 3. The maximum Gasteiger partial charge on any atom is 0.191 e. The van der Waals surface area contributed by atoms with Crippen molar-refractivity contribution in [2.45, 2.75) is 19.6 Å². The van der Waals surface area contributed by atoms with E-state index < -0.39 is 0 Å². The largest absolute Gasteiger partial charge is 0.376 e. The predicted molar refractivity (Wildman–Crippen MR) is 106 cm³/mol. The fourth-order valence-corrected chi connectivity index (χ4v) is 3.64. The standard InChI is InChI=1S/C20H33N5O/c1-17(15-26-16-18-6-4-3-5-7-18)12-22-20(21-2)23-13-19-14-24-8-10-25(19)11-9-24/h3-7,17,19H,8-16H2,1-2H3,(H2,21,22,23). The van der Waals surface area contributed by atoms with Gasteiger partial charge in [-0.25, -0.2) is 0 Å². The van der Waals surface area contributed by atoms with Gasteiger partial charge in [0.2, 0.25) is 0 Å². The van der Waals surface area contributed by atoms with Gasteiger partial charge in [0.25, 0.3) is 0 Å². The van der Waals surface area contributed by atoms with Gasteiger partial charge >= 0.3 is 0 Å². The van der Waals surface area contributed by atoms with Crippen LogP contribution < -0.4 is 10.6 Å². The highest BCUT2D eigenvalue weighted by Gasteiger charge is 2.31. The molecule has 0 amide bonds. The van der Waals surface area contributed by atoms with Gasteiger partial charge in [-0.3, -0.25) is 14.8 Å². The summed E-state index contributed by atoms with van der Waals surface area (Å²) in [5, 5.41) is 6.92. The molecular weight excluding hydrogens is 326 g/mol. The van der Waals surface area contributed by atoms with Crippen LogP contribution >= 0.6 is 0 Å². The third-order valence-electron chi connectivity index (χ3n) is 5.25. The molecule has 26 heavy (non-hydrogen) atoms. The quantitative estimate of drug-likeness (QED) is 0.536. The van der Waals surface area contributed by atoms with Crippen molar-refractivity contribution in [3.8, 4) is 0 Å². The van der Waals surface area contributed by atoms with Gasteiger partial charge < -0.3 is 15.4 Å². The summed E-state index contributed by atoms with van der Waals surface area (Å²) >= 11 is 0. The smallest absolute Gasteiger partial charge is 0.191 e. The number of guanidine groups is 1. The van der Waals surface area contributed by atoms with E-state index in [1.54, 1.807) is 0 Å². The predicted octanol–water partition coefficient (Wildman–Crippen LogP) is 1.00. The Morgan fingerprint density at radius 2 is 1.96 bits per heavy atom. The van der Waals surface area contributed by atoms with E-state index in [0.717, 1.165) is 25.7 Å². The molecule has 3 aliphatic heterocycles. The molecule has 0 aromatic heterocycles. The second kappa shape index (κ2) is 9.90. The number of hydrogen-bond acceptors (Lipinski definition) is 4. The molecule has 6 heteroatoms. The second-order valence-corrected chi connectivity index (χ2v) is 7.43. The first kappa shape index (κ1) is 19.1. The third kappa shape index (κ3) is 5.69. The minimum atomic E-state index is 0.429. The summed E-state index contributed by atoms with van der Waals surface area (Å²) in [6.07, 6.45) is 0. The van der Waals surface area contributed by atoms with Crippen molar-refractivity contribution in [3.05, 3.63) is 35.9 Å². The lowest BCUT2D eigenvalue weighted by Crippen LogP contribution is -2.63. The van der Waals surface area contributed by atoms with Gasteiger partial charge in [0.1, 0.15) is 0 Å². The molecule has 0 radical (unpaired) electrons. The van der Waals surface area contributed by atoms with Crippen LogP contribution in [0.15, 0.2) is 35.3 Å². The lowest BCUT2D eigenvalue weighted by atomic mass is 10.1. The van der Waals surface area contributed by atoms with E-state index in [1.165, 1.54) is 38.3 Å². The lowest BCUT2D eigenvalue weighted by molar-refractivity contribution is 0.0154. The summed E-state index contributed by atoms with van der Waals surface area (Å²) in [5.74, 6) is 1.32. The summed E-state index contributed by atoms with van der Waals surface area (Å²) in [7, 11) is 1.84. The number of nitrogens with one attached hydrogen (secondary N) is 2. The summed E-state index contributed by atoms with van der Waals surface area (Å²) in [4.78, 5) is 9.52. The first-order valence-electron chi connectivity index (χ1n) is 9.77. The number of rotatable bonds is 8. The fraction of sp³-hybridized carbons (Fsp3) is 0.650. The van der Waals surface area contributed by atoms with Crippen molar-refractivity contribution in [1.29, 1.82) is 0 Å². The zero-order valence-electron chi connectivity index (χ0n) is 16.2. The molecule has 2 N–H and O–H groups in total. The number of ether oxygens (including phenoxy) is 1. The third-order valence-corrected chi connectivity index (χ3v) is 5.25. The second-order valence-electron chi connectivity index (χ2n) is 7.43. The van der Waals surface area contributed by atoms with Gasteiger partial charge in [-0.1, -0.05) is 37.3 Å². The van der Waals surface area contributed by atoms with E-state index in [0.29, 0.717) is 18.6 Å². The minimum absolute atomic E-state index is 0.429. The molecule has 4 rings (SSSR count). The van der Waals surface area contributed by atoms with Crippen LogP contribution in [0.2, 0.25) is 0 Å². The van der Waals surface area contributed by atoms with E-state index in [-0.39, 0.29) is 0 Å². The molecule has 0 spiro atoms. The molecule has 6 nitrogen and oxygen atoms in total. The van der Waals surface area contributed by atoms with Crippen molar-refractivity contribution < 1.29 is 4.74 Å². The Hall–Kier alpha value is -1.63. The molecule has 3 fully saturated rings. The van der Waals surface area contributed by atoms with Gasteiger partial charge in [0.05, 0.1) is 13.2 Å². The zero-order chi connectivity index (χ0) is 18.2. The molecule has 3 aliphatic rings. The lowest BCUT2D eigenvalue weighted by Gasteiger charge is -2.47. The van der Waals surface area contributed by atoms with Crippen LogP contribution in [0.5, 0.6) is 0 Å². The highest BCUT2D eigenvalue weighted by molar-refractivity contribution is 5.79. The zero-order valence-corrected chi connectivity index (χ0v) is 16.2. The number of hydrogen-bond donors (Lipinski definition) is 2. The monoisotopic (exact) mass is 359 g/mol. The molecule has 3 heterocycles. The Morgan fingerprint density at radius 1 is 1.19 bits per heavy atom. The highest BCUT2D eigenvalue weighted by atomic mass is 16.5. The maximum atomic E-state index is 5.82. The SMILES string of the molecule is CN=C(NCC(C)COCc1ccccc1)NCC1CN2CCN1CC2. The van der Waals surface area contributed by atoms with Gasteiger partial charge in [-0.15, -0.1) is 0 Å². The Labute approximate surface area is 157 Å². The molecule has 1 aromatic rings. The van der Waals surface area contributed by atoms with Gasteiger partial charge in [0.15, 0.2) is 5.96 Å². The van der Waals surface area contributed by atoms with Crippen LogP contribution in [0.25, 0.3) is 0 Å². The molecule has 1 aromatic carbocycles. The van der Waals surface area contributed by atoms with E-state index in [9.17, 15) is 0 Å². The van der Waals surface area contributed by atoms with Crippen LogP contribution in [-0.2, 0) is 11.3 Å². The molecule has 0 aliphatic carbocycles. The molecule has 2 unspecified atom stereocenters. The van der Waals surface area contributed by atoms with Crippen molar-refractivity contribution in [2.24, 2.45) is 10.9 Å². The average molecular weight is 360 g/mol. The number of nitrogens with zero attached hydrogens (tertiary/aromatic N) is 3. The van der Waals surface area contributed by atoms with Crippen LogP contribution in [0.1, 0.15) is 12.5 Å². The first-order chi connectivity index (χ1) is 12.7. The van der Waals surface area contributed by atoms with Crippen LogP contribution in [0.4, 0.5) is 0 Å². The van der Waals surface area contributed by atoms with Gasteiger partial charge in [-0.05, 0) is 11.5 Å². The molecular formula is C20H33N5O. The first-order valence-corrected chi connectivity index (χ1v) is 9.77. The van der Waals surface area contributed by atoms with Crippen molar-refractivity contribution in [2.75, 3.05) is 59.5 Å². The van der Waals surface area contributed by atoms with Crippen molar-refractivity contribution >= 4 is 5.96 Å². The number of aliphatic imine (C=N–C) groups is 1. The maximum absolute atomic E-state index is 5.82. The topological polar surface area (TPSA) is 52.1 Å². The van der Waals surface area contributed by atoms with Crippen LogP contribution in [0, 0.1) is 5.92 Å². The number of fused-ring (bicyclic) bond motifs is 3. The number of benzene rings is 1. The summed E-state index contributed by atoms with van der Waals surface area (Å²) in [6, 6.07) is 10.9. The summed E-state index contributed by atoms with van der Waals surface area (Å²) in [6.45, 7) is 11.5. The summed E-state index contributed by atoms with van der Waals surface area (Å²) < 4.78 is 5.82. The Bertz CT molecular complexity index is 557. The Morgan fingerprint density at radius 3 is 2.62 bits per heavy atom. The average Bonchev–Trinajstić information content (AvgIpc) is 2.70. The van der Waals surface area contributed by atoms with E-state index in [4.69, 9.17) is 4.74 Å². The molecule has 144 valence electrons. The van der Waals surface area contributed by atoms with Crippen molar-refractivity contribution in [1.82, 2.24) is 20.4 Å². The van der Waals surface area contributed by atoms with E-state index in [2.05, 4.69) is 44.5 Å². The molecule has 0 saturated carbocycles. The Balaban J connectivity index is 1.30. The van der Waals surface area contributed by atoms with E-state index in [1.807, 2.05) is 25.2 Å². The fourth-order valence-electron chi connectivity index (χ4n) is 3.64. The van der Waals surface area contributed by atoms with Crippen molar-refractivity contribution in [3.63, 3.8) is 0 Å². The van der Waals surface area contributed by atoms with Crippen LogP contribution in [0.3, 0.4) is 0 Å². The van der Waals surface area contributed by atoms with Gasteiger partial charge in [0, 0.05) is 58.9 Å².